The molecule has 0 saturated heterocycles. The maximum atomic E-state index is 11.5. The van der Waals surface area contributed by atoms with Crippen molar-refractivity contribution in [2.45, 2.75) is 71.3 Å². The van der Waals surface area contributed by atoms with Crippen molar-refractivity contribution in [3.8, 4) is 0 Å². The van der Waals surface area contributed by atoms with Gasteiger partial charge >= 0.3 is 5.97 Å². The van der Waals surface area contributed by atoms with Crippen molar-refractivity contribution in [3.63, 3.8) is 0 Å². The van der Waals surface area contributed by atoms with Gasteiger partial charge in [0.1, 0.15) is 6.04 Å². The van der Waals surface area contributed by atoms with Gasteiger partial charge in [0.05, 0.1) is 6.10 Å². The van der Waals surface area contributed by atoms with Crippen LogP contribution in [0, 0.1) is 5.92 Å². The Bertz CT molecular complexity index is 361. The number of carboxylic acid groups (broad SMARTS) is 1. The second kappa shape index (κ2) is 8.10. The van der Waals surface area contributed by atoms with Crippen molar-refractivity contribution in [2.24, 2.45) is 5.92 Å². The van der Waals surface area contributed by atoms with E-state index in [0.29, 0.717) is 0 Å². The molecule has 0 heterocycles. The minimum atomic E-state index is -2.02. The lowest BCUT2D eigenvalue weighted by atomic mass is 9.94. The van der Waals surface area contributed by atoms with E-state index >= 15 is 0 Å². The van der Waals surface area contributed by atoms with Gasteiger partial charge in [-0.15, -0.1) is 0 Å². The maximum absolute atomic E-state index is 11.5. The van der Waals surface area contributed by atoms with Gasteiger partial charge in [0.25, 0.3) is 0 Å². The minimum absolute atomic E-state index is 0.0579. The zero-order valence-corrected chi connectivity index (χ0v) is 15.9. The zero-order chi connectivity index (χ0) is 16.8. The van der Waals surface area contributed by atoms with Gasteiger partial charge in [-0.1, -0.05) is 39.8 Å². The van der Waals surface area contributed by atoms with Crippen LogP contribution in [0.3, 0.4) is 0 Å². The molecule has 4 nitrogen and oxygen atoms in total. The molecule has 0 aromatic rings. The number of hydrogen-bond acceptors (Lipinski definition) is 3. The molecule has 0 saturated carbocycles. The Labute approximate surface area is 131 Å². The molecule has 0 aliphatic heterocycles. The molecule has 0 bridgehead atoms. The summed E-state index contributed by atoms with van der Waals surface area (Å²) in [7, 11) is -0.339. The molecular formula is C16H33NO3Si. The Hall–Kier alpha value is -0.653. The summed E-state index contributed by atoms with van der Waals surface area (Å²) in [5, 5.41) is 12.4. The fourth-order valence-corrected chi connectivity index (χ4v) is 3.35. The predicted octanol–water partition coefficient (Wildman–Crippen LogP) is 3.65. The van der Waals surface area contributed by atoms with E-state index in [0.717, 1.165) is 6.42 Å². The van der Waals surface area contributed by atoms with Crippen LogP contribution in [0.4, 0.5) is 0 Å². The number of likely N-dealkylation sites (N-methyl/N-ethyl adjacent to an activating group) is 1. The second-order valence-electron chi connectivity index (χ2n) is 7.23. The van der Waals surface area contributed by atoms with Gasteiger partial charge in [0.2, 0.25) is 0 Å². The van der Waals surface area contributed by atoms with Gasteiger partial charge in [0.15, 0.2) is 8.32 Å². The molecule has 21 heavy (non-hydrogen) atoms. The molecule has 0 aromatic heterocycles. The molecule has 0 rings (SSSR count). The molecule has 0 spiro atoms. The number of rotatable bonds is 8. The number of aliphatic carboxylic acids is 1. The van der Waals surface area contributed by atoms with Crippen molar-refractivity contribution in [3.05, 3.63) is 12.2 Å². The number of allylic oxidation sites excluding steroid dienone is 2. The third-order valence-electron chi connectivity index (χ3n) is 4.45. The lowest BCUT2D eigenvalue weighted by Crippen LogP contribution is -2.55. The molecule has 0 unspecified atom stereocenters. The van der Waals surface area contributed by atoms with Crippen LogP contribution in [-0.2, 0) is 9.22 Å². The van der Waals surface area contributed by atoms with Gasteiger partial charge < -0.3 is 14.8 Å². The van der Waals surface area contributed by atoms with Crippen LogP contribution in [0.15, 0.2) is 12.2 Å². The lowest BCUT2D eigenvalue weighted by molar-refractivity contribution is -0.142. The van der Waals surface area contributed by atoms with E-state index in [1.165, 1.54) is 0 Å². The highest BCUT2D eigenvalue weighted by atomic mass is 28.4. The van der Waals surface area contributed by atoms with Crippen LogP contribution < -0.4 is 5.32 Å². The average Bonchev–Trinajstić information content (AvgIpc) is 2.33. The first-order valence-corrected chi connectivity index (χ1v) is 10.6. The third kappa shape index (κ3) is 5.92. The normalized spacial score (nSPS) is 17.7. The standard InChI is InChI=1S/C16H33NO3Si/c1-9-10-11-12(2)14(13(17-6)15(18)19)20-21(7,8)16(3,4)5/h9-10,12-14,17H,11H2,1-8H3,(H,18,19)/t12-,13+,14-/m1/s1. The Morgan fingerprint density at radius 1 is 1.38 bits per heavy atom. The van der Waals surface area contributed by atoms with Gasteiger partial charge in [0, 0.05) is 0 Å². The van der Waals surface area contributed by atoms with Crippen LogP contribution in [0.2, 0.25) is 18.1 Å². The van der Waals surface area contributed by atoms with Crippen LogP contribution in [-0.4, -0.2) is 38.6 Å². The molecular weight excluding hydrogens is 282 g/mol. The first-order valence-electron chi connectivity index (χ1n) is 7.67. The molecule has 0 amide bonds. The summed E-state index contributed by atoms with van der Waals surface area (Å²) in [5.74, 6) is -0.711. The highest BCUT2D eigenvalue weighted by Crippen LogP contribution is 2.38. The molecule has 3 atom stereocenters. The monoisotopic (exact) mass is 315 g/mol. The lowest BCUT2D eigenvalue weighted by Gasteiger charge is -2.42. The summed E-state index contributed by atoms with van der Waals surface area (Å²) in [6.07, 6.45) is 4.56. The van der Waals surface area contributed by atoms with Crippen LogP contribution in [0.5, 0.6) is 0 Å². The quantitative estimate of drug-likeness (QED) is 0.530. The number of hydrogen-bond donors (Lipinski definition) is 2. The Morgan fingerprint density at radius 3 is 2.24 bits per heavy atom. The SMILES string of the molecule is CC=CC[C@@H](C)[C@@H](O[Si](C)(C)C(C)(C)C)[C@H](NC)C(=O)O. The van der Waals surface area contributed by atoms with Crippen molar-refractivity contribution in [2.75, 3.05) is 7.05 Å². The molecule has 0 radical (unpaired) electrons. The molecule has 0 aromatic carbocycles. The number of carboxylic acids is 1. The Kier molecular flexibility index (Phi) is 7.85. The topological polar surface area (TPSA) is 58.6 Å². The van der Waals surface area contributed by atoms with Crippen molar-refractivity contribution < 1.29 is 14.3 Å². The van der Waals surface area contributed by atoms with Gasteiger partial charge in [-0.3, -0.25) is 4.79 Å². The van der Waals surface area contributed by atoms with E-state index in [2.05, 4.69) is 52.2 Å². The van der Waals surface area contributed by atoms with Gasteiger partial charge in [-0.05, 0) is 44.4 Å². The van der Waals surface area contributed by atoms with E-state index in [1.54, 1.807) is 7.05 Å². The Morgan fingerprint density at radius 2 is 1.90 bits per heavy atom. The molecule has 124 valence electrons. The summed E-state index contributed by atoms with van der Waals surface area (Å²) in [4.78, 5) is 11.5. The summed E-state index contributed by atoms with van der Waals surface area (Å²) < 4.78 is 6.44. The largest absolute Gasteiger partial charge is 0.480 e. The van der Waals surface area contributed by atoms with Crippen LogP contribution >= 0.6 is 0 Å². The Balaban J connectivity index is 5.36. The minimum Gasteiger partial charge on any atom is -0.480 e. The fraction of sp³-hybridized carbons (Fsp3) is 0.812. The highest BCUT2D eigenvalue weighted by Gasteiger charge is 2.43. The zero-order valence-electron chi connectivity index (χ0n) is 14.9. The number of nitrogens with one attached hydrogen (secondary N) is 1. The molecule has 0 aliphatic rings. The van der Waals surface area contributed by atoms with Crippen LogP contribution in [0.25, 0.3) is 0 Å². The summed E-state index contributed by atoms with van der Waals surface area (Å²) in [6, 6.07) is -0.681. The highest BCUT2D eigenvalue weighted by molar-refractivity contribution is 6.74. The van der Waals surface area contributed by atoms with E-state index < -0.39 is 20.3 Å². The van der Waals surface area contributed by atoms with Crippen molar-refractivity contribution in [1.82, 2.24) is 5.32 Å². The van der Waals surface area contributed by atoms with E-state index in [1.807, 2.05) is 13.0 Å². The third-order valence-corrected chi connectivity index (χ3v) is 8.92. The maximum Gasteiger partial charge on any atom is 0.323 e. The van der Waals surface area contributed by atoms with Crippen molar-refractivity contribution >= 4 is 14.3 Å². The molecule has 2 N–H and O–H groups in total. The molecule has 0 aliphatic carbocycles. The molecule has 0 fully saturated rings. The average molecular weight is 316 g/mol. The smallest absolute Gasteiger partial charge is 0.323 e. The molecule has 5 heteroatoms. The fourth-order valence-electron chi connectivity index (χ4n) is 1.94. The first-order chi connectivity index (χ1) is 9.47. The summed E-state index contributed by atoms with van der Waals surface area (Å²) >= 11 is 0. The van der Waals surface area contributed by atoms with Crippen molar-refractivity contribution in [1.29, 1.82) is 0 Å². The predicted molar refractivity (Wildman–Crippen MR) is 91.1 cm³/mol. The van der Waals surface area contributed by atoms with E-state index in [9.17, 15) is 9.90 Å². The van der Waals surface area contributed by atoms with Crippen LogP contribution in [0.1, 0.15) is 41.0 Å². The van der Waals surface area contributed by atoms with E-state index in [4.69, 9.17) is 4.43 Å². The van der Waals surface area contributed by atoms with Gasteiger partial charge in [-0.2, -0.15) is 0 Å². The second-order valence-corrected chi connectivity index (χ2v) is 12.0. The first kappa shape index (κ1) is 20.3. The van der Waals surface area contributed by atoms with E-state index in [-0.39, 0.29) is 17.1 Å². The summed E-state index contributed by atoms with van der Waals surface area (Å²) in [6.45, 7) is 14.9. The van der Waals surface area contributed by atoms with Gasteiger partial charge in [-0.25, -0.2) is 0 Å². The number of carbonyl (C=O) groups is 1. The summed E-state index contributed by atoms with van der Waals surface area (Å²) in [5.41, 5.74) is 0.